The maximum Gasteiger partial charge on any atom is 0.410 e. The van der Waals surface area contributed by atoms with Gasteiger partial charge in [0.05, 0.1) is 62.3 Å². The first-order chi connectivity index (χ1) is 22.3. The van der Waals surface area contributed by atoms with E-state index in [2.05, 4.69) is 15.3 Å². The average Bonchev–Trinajstić information content (AvgIpc) is 3.67. The number of nitrogens with one attached hydrogen (secondary N) is 1. The van der Waals surface area contributed by atoms with Gasteiger partial charge < -0.3 is 49.3 Å². The number of nitrogens with two attached hydrogens (primary N) is 1. The van der Waals surface area contributed by atoms with Crippen LogP contribution in [0.5, 0.6) is 11.5 Å². The Hall–Kier alpha value is -5.24. The molecule has 3 amide bonds. The molecule has 2 aromatic carbocycles. The first-order valence-electron chi connectivity index (χ1n) is 15.1. The van der Waals surface area contributed by atoms with Crippen molar-refractivity contribution >= 4 is 23.5 Å². The van der Waals surface area contributed by atoms with Gasteiger partial charge in [-0.15, -0.1) is 0 Å². The zero-order chi connectivity index (χ0) is 34.3. The molecule has 1 aliphatic rings. The van der Waals surface area contributed by atoms with Crippen molar-refractivity contribution in [2.75, 3.05) is 51.5 Å². The lowest BCUT2D eigenvalue weighted by Crippen LogP contribution is -2.59. The molecule has 0 radical (unpaired) electrons. The molecule has 1 aliphatic heterocycles. The quantitative estimate of drug-likeness (QED) is 0.257. The van der Waals surface area contributed by atoms with E-state index in [1.807, 2.05) is 53.6 Å². The second kappa shape index (κ2) is 14.9. The van der Waals surface area contributed by atoms with Crippen LogP contribution in [0, 0.1) is 13.8 Å². The third-order valence-electron chi connectivity index (χ3n) is 7.22. The van der Waals surface area contributed by atoms with E-state index in [0.717, 1.165) is 28.5 Å². The SMILES string of the molecule is COc1cc(N)ccc1-n1cnc(C)c1.COc1cc(NC(=O)N2CCN(C(=O)OC(C)(C)C)CC2CO)ccc1-n1cnc(C)c1. The van der Waals surface area contributed by atoms with E-state index in [-0.39, 0.29) is 25.7 Å². The van der Waals surface area contributed by atoms with Gasteiger partial charge in [-0.05, 0) is 58.9 Å². The van der Waals surface area contributed by atoms with E-state index < -0.39 is 17.7 Å². The summed E-state index contributed by atoms with van der Waals surface area (Å²) in [4.78, 5) is 36.7. The van der Waals surface area contributed by atoms with Gasteiger partial charge in [-0.1, -0.05) is 0 Å². The Morgan fingerprint density at radius 1 is 0.936 bits per heavy atom. The fraction of sp³-hybridized carbons (Fsp3) is 0.394. The summed E-state index contributed by atoms with van der Waals surface area (Å²) in [6.45, 7) is 9.76. The number of methoxy groups -OCH3 is 2. The zero-order valence-electron chi connectivity index (χ0n) is 27.9. The maximum atomic E-state index is 12.9. The summed E-state index contributed by atoms with van der Waals surface area (Å²) in [5.74, 6) is 1.32. The molecule has 0 saturated carbocycles. The summed E-state index contributed by atoms with van der Waals surface area (Å²) in [5, 5.41) is 12.7. The van der Waals surface area contributed by atoms with Crippen LogP contribution < -0.4 is 20.5 Å². The van der Waals surface area contributed by atoms with Crippen molar-refractivity contribution in [3.63, 3.8) is 0 Å². The van der Waals surface area contributed by atoms with Gasteiger partial charge in [-0.25, -0.2) is 19.6 Å². The Morgan fingerprint density at radius 2 is 1.51 bits per heavy atom. The molecular formula is C33H44N8O6. The lowest BCUT2D eigenvalue weighted by Gasteiger charge is -2.40. The number of aryl methyl sites for hydroxylation is 2. The van der Waals surface area contributed by atoms with Gasteiger partial charge in [0.15, 0.2) is 0 Å². The van der Waals surface area contributed by atoms with Crippen LogP contribution in [0.3, 0.4) is 0 Å². The van der Waals surface area contributed by atoms with E-state index in [4.69, 9.17) is 19.9 Å². The molecule has 252 valence electrons. The molecule has 4 aromatic rings. The molecular weight excluding hydrogens is 604 g/mol. The van der Waals surface area contributed by atoms with Gasteiger partial charge in [-0.3, -0.25) is 0 Å². The van der Waals surface area contributed by atoms with Crippen LogP contribution in [-0.2, 0) is 4.74 Å². The number of piperazine rings is 1. The largest absolute Gasteiger partial charge is 0.494 e. The second-order valence-electron chi connectivity index (χ2n) is 12.0. The molecule has 1 atom stereocenters. The monoisotopic (exact) mass is 648 g/mol. The average molecular weight is 649 g/mol. The van der Waals surface area contributed by atoms with Gasteiger partial charge in [-0.2, -0.15) is 0 Å². The highest BCUT2D eigenvalue weighted by atomic mass is 16.6. The van der Waals surface area contributed by atoms with Crippen molar-refractivity contribution in [1.82, 2.24) is 28.9 Å². The number of carbonyl (C=O) groups is 2. The standard InChI is InChI=1S/C22H31N5O5.C11H13N3O/c1-15-11-26(14-23-15)18-7-6-16(10-19(18)31-5)24-20(29)27-9-8-25(12-17(27)13-28)21(30)32-22(2,3)4;1-8-6-14(7-13-8)10-4-3-9(12)5-11(10)15-2/h6-7,10-11,14,17,28H,8-9,12-13H2,1-5H3,(H,24,29);3-7H,12H2,1-2H3. The number of hydrogen-bond donors (Lipinski definition) is 3. The number of aromatic nitrogens is 4. The number of anilines is 2. The number of ether oxygens (including phenoxy) is 3. The molecule has 0 bridgehead atoms. The van der Waals surface area contributed by atoms with E-state index in [1.54, 1.807) is 65.8 Å². The molecule has 14 nitrogen and oxygen atoms in total. The minimum atomic E-state index is -0.610. The van der Waals surface area contributed by atoms with Gasteiger partial charge in [0.25, 0.3) is 0 Å². The number of aliphatic hydroxyl groups is 1. The molecule has 47 heavy (non-hydrogen) atoms. The lowest BCUT2D eigenvalue weighted by atomic mass is 10.2. The summed E-state index contributed by atoms with van der Waals surface area (Å²) in [6, 6.07) is 9.99. The van der Waals surface area contributed by atoms with Gasteiger partial charge in [0.2, 0.25) is 0 Å². The minimum absolute atomic E-state index is 0.196. The van der Waals surface area contributed by atoms with Crippen molar-refractivity contribution < 1.29 is 28.9 Å². The number of nitrogens with zero attached hydrogens (tertiary/aromatic N) is 6. The van der Waals surface area contributed by atoms with Crippen LogP contribution in [-0.4, -0.2) is 98.2 Å². The number of urea groups is 1. The number of imidazole rings is 2. The molecule has 5 rings (SSSR count). The van der Waals surface area contributed by atoms with Crippen LogP contribution >= 0.6 is 0 Å². The minimum Gasteiger partial charge on any atom is -0.494 e. The molecule has 1 saturated heterocycles. The summed E-state index contributed by atoms with van der Waals surface area (Å²) in [6.07, 6.45) is 6.82. The summed E-state index contributed by atoms with van der Waals surface area (Å²) < 4.78 is 19.9. The summed E-state index contributed by atoms with van der Waals surface area (Å²) >= 11 is 0. The van der Waals surface area contributed by atoms with Crippen molar-refractivity contribution in [1.29, 1.82) is 0 Å². The first-order valence-corrected chi connectivity index (χ1v) is 15.1. The van der Waals surface area contributed by atoms with Crippen molar-refractivity contribution in [3.05, 3.63) is 72.8 Å². The third-order valence-corrected chi connectivity index (χ3v) is 7.22. The Balaban J connectivity index is 0.000000277. The van der Waals surface area contributed by atoms with Gasteiger partial charge >= 0.3 is 12.1 Å². The van der Waals surface area contributed by atoms with Crippen LogP contribution in [0.1, 0.15) is 32.2 Å². The number of aliphatic hydroxyl groups excluding tert-OH is 1. The van der Waals surface area contributed by atoms with Crippen molar-refractivity contribution in [2.24, 2.45) is 0 Å². The Kier molecular flexibility index (Phi) is 11.0. The predicted octanol–water partition coefficient (Wildman–Crippen LogP) is 4.41. The zero-order valence-corrected chi connectivity index (χ0v) is 27.9. The van der Waals surface area contributed by atoms with Crippen molar-refractivity contribution in [3.8, 4) is 22.9 Å². The maximum absolute atomic E-state index is 12.9. The fourth-order valence-corrected chi connectivity index (χ4v) is 4.95. The van der Waals surface area contributed by atoms with E-state index in [1.165, 1.54) is 9.80 Å². The van der Waals surface area contributed by atoms with Crippen LogP contribution in [0.25, 0.3) is 11.4 Å². The molecule has 2 aromatic heterocycles. The number of carbonyl (C=O) groups excluding carboxylic acids is 2. The summed E-state index contributed by atoms with van der Waals surface area (Å²) in [5.41, 5.74) is 9.89. The molecule has 0 aliphatic carbocycles. The molecule has 14 heteroatoms. The topological polar surface area (TPSA) is 162 Å². The number of rotatable bonds is 6. The van der Waals surface area contributed by atoms with Gasteiger partial charge in [0, 0.05) is 55.5 Å². The van der Waals surface area contributed by atoms with Crippen LogP contribution in [0.15, 0.2) is 61.4 Å². The smallest absolute Gasteiger partial charge is 0.410 e. The Morgan fingerprint density at radius 3 is 2.02 bits per heavy atom. The molecule has 0 spiro atoms. The molecule has 1 fully saturated rings. The van der Waals surface area contributed by atoms with Gasteiger partial charge in [0.1, 0.15) is 17.1 Å². The highest BCUT2D eigenvalue weighted by molar-refractivity contribution is 5.90. The third kappa shape index (κ3) is 8.94. The normalized spacial score (nSPS) is 14.6. The fourth-order valence-electron chi connectivity index (χ4n) is 4.95. The van der Waals surface area contributed by atoms with E-state index in [0.29, 0.717) is 23.7 Å². The molecule has 3 heterocycles. The predicted molar refractivity (Wildman–Crippen MR) is 179 cm³/mol. The Labute approximate surface area is 274 Å². The second-order valence-corrected chi connectivity index (χ2v) is 12.0. The van der Waals surface area contributed by atoms with Crippen molar-refractivity contribution in [2.45, 2.75) is 46.3 Å². The molecule has 1 unspecified atom stereocenters. The van der Waals surface area contributed by atoms with Crippen LogP contribution in [0.2, 0.25) is 0 Å². The number of amides is 3. The van der Waals surface area contributed by atoms with E-state index in [9.17, 15) is 14.7 Å². The number of nitrogen functional groups attached to an aromatic ring is 1. The lowest BCUT2D eigenvalue weighted by molar-refractivity contribution is 0.00415. The highest BCUT2D eigenvalue weighted by Crippen LogP contribution is 2.28. The summed E-state index contributed by atoms with van der Waals surface area (Å²) in [7, 11) is 3.19. The number of hydrogen-bond acceptors (Lipinski definition) is 9. The van der Waals surface area contributed by atoms with E-state index >= 15 is 0 Å². The highest BCUT2D eigenvalue weighted by Gasteiger charge is 2.34. The number of benzene rings is 2. The Bertz CT molecular complexity index is 1680. The first kappa shape index (κ1) is 34.6. The molecule has 4 N–H and O–H groups in total. The van der Waals surface area contributed by atoms with Crippen LogP contribution in [0.4, 0.5) is 21.0 Å².